The quantitative estimate of drug-likeness (QED) is 0.929. The Morgan fingerprint density at radius 1 is 1.17 bits per heavy atom. The van der Waals surface area contributed by atoms with Gasteiger partial charge in [-0.15, -0.1) is 0 Å². The Morgan fingerprint density at radius 2 is 2.00 bits per heavy atom. The van der Waals surface area contributed by atoms with Gasteiger partial charge in [0.15, 0.2) is 0 Å². The summed E-state index contributed by atoms with van der Waals surface area (Å²) in [5.41, 5.74) is 1.12. The minimum Gasteiger partial charge on any atom is -0.393 e. The summed E-state index contributed by atoms with van der Waals surface area (Å²) in [6.07, 6.45) is 10.3. The number of carbonyl (C=O) groups is 1. The van der Waals surface area contributed by atoms with Crippen LogP contribution < -0.4 is 0 Å². The lowest BCUT2D eigenvalue weighted by Gasteiger charge is -2.39. The molecular formula is C19H28N2O2. The Balaban J connectivity index is 1.58. The number of pyridine rings is 1. The molecule has 0 radical (unpaired) electrons. The Kier molecular flexibility index (Phi) is 5.65. The van der Waals surface area contributed by atoms with E-state index in [9.17, 15) is 9.90 Å². The van der Waals surface area contributed by atoms with Gasteiger partial charge in [0, 0.05) is 30.4 Å². The van der Waals surface area contributed by atoms with Gasteiger partial charge in [0.05, 0.1) is 6.10 Å². The predicted octanol–water partition coefficient (Wildman–Crippen LogP) is 2.95. The van der Waals surface area contributed by atoms with Crippen LogP contribution in [0.2, 0.25) is 0 Å². The zero-order chi connectivity index (χ0) is 16.1. The van der Waals surface area contributed by atoms with Gasteiger partial charge in [-0.05, 0) is 69.9 Å². The molecule has 1 aliphatic carbocycles. The van der Waals surface area contributed by atoms with Crippen molar-refractivity contribution < 1.29 is 9.90 Å². The first kappa shape index (κ1) is 16.4. The maximum Gasteiger partial charge on any atom is 0.225 e. The Bertz CT molecular complexity index is 497. The number of hydrogen-bond donors (Lipinski definition) is 1. The predicted molar refractivity (Wildman–Crippen MR) is 89.9 cm³/mol. The first-order valence-electron chi connectivity index (χ1n) is 9.12. The van der Waals surface area contributed by atoms with Crippen LogP contribution in [0.1, 0.15) is 57.1 Å². The van der Waals surface area contributed by atoms with Crippen molar-refractivity contribution in [1.29, 1.82) is 0 Å². The molecule has 0 bridgehead atoms. The number of aliphatic hydroxyl groups is 1. The molecule has 1 amide bonds. The van der Waals surface area contributed by atoms with Crippen molar-refractivity contribution in [1.82, 2.24) is 9.88 Å². The third kappa shape index (κ3) is 4.31. The standard InChI is InChI=1S/C19H28N2O2/c22-18-11-7-15(8-12-18)19(23)21-14-4-2-6-17(21)10-9-16-5-1-3-13-20-16/h1,3,5,13,15,17-18,22H,2,4,6-12,14H2/t15?,17-,18?/m0/s1. The number of carbonyl (C=O) groups excluding carboxylic acids is 1. The number of amides is 1. The van der Waals surface area contributed by atoms with Crippen LogP contribution in [0, 0.1) is 5.92 Å². The van der Waals surface area contributed by atoms with Crippen molar-refractivity contribution in [3.8, 4) is 0 Å². The van der Waals surface area contributed by atoms with E-state index in [2.05, 4.69) is 16.0 Å². The topological polar surface area (TPSA) is 53.4 Å². The maximum absolute atomic E-state index is 12.9. The fourth-order valence-electron chi connectivity index (χ4n) is 4.01. The second kappa shape index (κ2) is 7.91. The first-order valence-corrected chi connectivity index (χ1v) is 9.12. The molecule has 2 fully saturated rings. The van der Waals surface area contributed by atoms with Crippen molar-refractivity contribution in [2.24, 2.45) is 5.92 Å². The van der Waals surface area contributed by atoms with Gasteiger partial charge in [0.25, 0.3) is 0 Å². The first-order chi connectivity index (χ1) is 11.2. The number of likely N-dealkylation sites (tertiary alicyclic amines) is 1. The molecule has 1 saturated carbocycles. The summed E-state index contributed by atoms with van der Waals surface area (Å²) in [6, 6.07) is 6.40. The number of aryl methyl sites for hydroxylation is 1. The second-order valence-corrected chi connectivity index (χ2v) is 7.05. The molecule has 4 heteroatoms. The monoisotopic (exact) mass is 316 g/mol. The highest BCUT2D eigenvalue weighted by atomic mass is 16.3. The number of piperidine rings is 1. The van der Waals surface area contributed by atoms with Gasteiger partial charge in [-0.1, -0.05) is 6.07 Å². The van der Waals surface area contributed by atoms with Crippen LogP contribution in [0.5, 0.6) is 0 Å². The lowest BCUT2D eigenvalue weighted by atomic mass is 9.85. The van der Waals surface area contributed by atoms with Crippen LogP contribution in [0.3, 0.4) is 0 Å². The van der Waals surface area contributed by atoms with Crippen LogP contribution >= 0.6 is 0 Å². The molecule has 1 N–H and O–H groups in total. The molecule has 1 atom stereocenters. The van der Waals surface area contributed by atoms with Crippen LogP contribution in [0.4, 0.5) is 0 Å². The molecule has 1 saturated heterocycles. The highest BCUT2D eigenvalue weighted by molar-refractivity contribution is 5.79. The van der Waals surface area contributed by atoms with Gasteiger partial charge < -0.3 is 10.0 Å². The molecule has 1 aromatic rings. The largest absolute Gasteiger partial charge is 0.393 e. The zero-order valence-corrected chi connectivity index (χ0v) is 13.9. The molecule has 2 aliphatic rings. The molecule has 2 heterocycles. The molecule has 23 heavy (non-hydrogen) atoms. The number of nitrogens with zero attached hydrogens (tertiary/aromatic N) is 2. The molecule has 0 unspecified atom stereocenters. The third-order valence-corrected chi connectivity index (χ3v) is 5.42. The molecule has 1 aromatic heterocycles. The van der Waals surface area contributed by atoms with Crippen LogP contribution in [-0.4, -0.2) is 39.6 Å². The van der Waals surface area contributed by atoms with E-state index < -0.39 is 0 Å². The summed E-state index contributed by atoms with van der Waals surface area (Å²) in [5, 5.41) is 9.65. The molecule has 0 aromatic carbocycles. The number of aliphatic hydroxyl groups excluding tert-OH is 1. The highest BCUT2D eigenvalue weighted by Gasteiger charge is 2.33. The minimum atomic E-state index is -0.194. The van der Waals surface area contributed by atoms with Crippen molar-refractivity contribution in [2.75, 3.05) is 6.54 Å². The Hall–Kier alpha value is -1.42. The van der Waals surface area contributed by atoms with E-state index in [0.29, 0.717) is 11.9 Å². The van der Waals surface area contributed by atoms with Gasteiger partial charge in [0.1, 0.15) is 0 Å². The van der Waals surface area contributed by atoms with Crippen LogP contribution in [0.25, 0.3) is 0 Å². The number of hydrogen-bond acceptors (Lipinski definition) is 3. The van der Waals surface area contributed by atoms with Crippen LogP contribution in [-0.2, 0) is 11.2 Å². The number of rotatable bonds is 4. The molecule has 3 rings (SSSR count). The van der Waals surface area contributed by atoms with Gasteiger partial charge in [0.2, 0.25) is 5.91 Å². The fraction of sp³-hybridized carbons (Fsp3) is 0.684. The molecule has 1 aliphatic heterocycles. The van der Waals surface area contributed by atoms with Crippen molar-refractivity contribution >= 4 is 5.91 Å². The lowest BCUT2D eigenvalue weighted by molar-refractivity contribution is -0.141. The van der Waals surface area contributed by atoms with E-state index in [1.54, 1.807) is 0 Å². The third-order valence-electron chi connectivity index (χ3n) is 5.42. The lowest BCUT2D eigenvalue weighted by Crippen LogP contribution is -2.47. The SMILES string of the molecule is O=C(C1CCC(O)CC1)N1CCCC[C@H]1CCc1ccccn1. The minimum absolute atomic E-state index is 0.133. The van der Waals surface area contributed by atoms with Gasteiger partial charge in [-0.25, -0.2) is 0 Å². The van der Waals surface area contributed by atoms with Crippen molar-refractivity contribution in [3.63, 3.8) is 0 Å². The van der Waals surface area contributed by atoms with E-state index in [1.807, 2.05) is 18.3 Å². The fourth-order valence-corrected chi connectivity index (χ4v) is 4.01. The maximum atomic E-state index is 12.9. The van der Waals surface area contributed by atoms with E-state index in [4.69, 9.17) is 0 Å². The number of aromatic nitrogens is 1. The molecule has 0 spiro atoms. The normalized spacial score (nSPS) is 28.6. The zero-order valence-electron chi connectivity index (χ0n) is 13.9. The summed E-state index contributed by atoms with van der Waals surface area (Å²) in [5.74, 6) is 0.469. The summed E-state index contributed by atoms with van der Waals surface area (Å²) in [4.78, 5) is 19.5. The van der Waals surface area contributed by atoms with E-state index in [0.717, 1.165) is 63.6 Å². The van der Waals surface area contributed by atoms with Crippen molar-refractivity contribution in [2.45, 2.75) is 69.9 Å². The average molecular weight is 316 g/mol. The molecule has 4 nitrogen and oxygen atoms in total. The summed E-state index contributed by atoms with van der Waals surface area (Å²) in [6.45, 7) is 0.908. The molecule has 126 valence electrons. The van der Waals surface area contributed by atoms with Crippen LogP contribution in [0.15, 0.2) is 24.4 Å². The van der Waals surface area contributed by atoms with Gasteiger partial charge in [-0.3, -0.25) is 9.78 Å². The highest BCUT2D eigenvalue weighted by Crippen LogP contribution is 2.29. The van der Waals surface area contributed by atoms with E-state index in [-0.39, 0.29) is 12.0 Å². The van der Waals surface area contributed by atoms with E-state index >= 15 is 0 Å². The Labute approximate surface area is 138 Å². The Morgan fingerprint density at radius 3 is 2.74 bits per heavy atom. The molecular weight excluding hydrogens is 288 g/mol. The van der Waals surface area contributed by atoms with E-state index in [1.165, 1.54) is 6.42 Å². The summed E-state index contributed by atoms with van der Waals surface area (Å²) >= 11 is 0. The second-order valence-electron chi connectivity index (χ2n) is 7.05. The van der Waals surface area contributed by atoms with Gasteiger partial charge >= 0.3 is 0 Å². The van der Waals surface area contributed by atoms with Gasteiger partial charge in [-0.2, -0.15) is 0 Å². The smallest absolute Gasteiger partial charge is 0.225 e. The average Bonchev–Trinajstić information content (AvgIpc) is 2.61. The van der Waals surface area contributed by atoms with Crippen molar-refractivity contribution in [3.05, 3.63) is 30.1 Å². The summed E-state index contributed by atoms with van der Waals surface area (Å²) in [7, 11) is 0. The summed E-state index contributed by atoms with van der Waals surface area (Å²) < 4.78 is 0.